The van der Waals surface area contributed by atoms with Crippen LogP contribution in [0.3, 0.4) is 0 Å². The van der Waals surface area contributed by atoms with Crippen molar-refractivity contribution < 1.29 is 4.79 Å². The van der Waals surface area contributed by atoms with Crippen LogP contribution in [0.4, 0.5) is 5.69 Å². The summed E-state index contributed by atoms with van der Waals surface area (Å²) in [5, 5.41) is 3.12. The van der Waals surface area contributed by atoms with Crippen molar-refractivity contribution in [1.29, 1.82) is 0 Å². The molecule has 1 fully saturated rings. The van der Waals surface area contributed by atoms with Gasteiger partial charge in [-0.2, -0.15) is 0 Å². The number of carbonyl (C=O) groups is 1. The number of rotatable bonds is 4. The first kappa shape index (κ1) is 15.8. The topological polar surface area (TPSA) is 32.3 Å². The number of benzene rings is 2. The van der Waals surface area contributed by atoms with E-state index in [4.69, 9.17) is 0 Å². The van der Waals surface area contributed by atoms with E-state index < -0.39 is 0 Å². The number of nitrogens with one attached hydrogen (secondary N) is 1. The number of nitrogens with zero attached hydrogens (tertiary/aromatic N) is 1. The van der Waals surface area contributed by atoms with E-state index in [1.165, 1.54) is 12.8 Å². The number of carbonyl (C=O) groups excluding carboxylic acids is 1. The highest BCUT2D eigenvalue weighted by Crippen LogP contribution is 2.27. The minimum atomic E-state index is -0.209. The molecule has 0 radical (unpaired) electrons. The van der Waals surface area contributed by atoms with Gasteiger partial charge in [-0.3, -0.25) is 9.69 Å². The minimum Gasteiger partial charge on any atom is -0.324 e. The molecule has 1 atom stereocenters. The summed E-state index contributed by atoms with van der Waals surface area (Å²) >= 11 is 0. The van der Waals surface area contributed by atoms with Gasteiger partial charge in [-0.15, -0.1) is 0 Å². The van der Waals surface area contributed by atoms with E-state index in [2.05, 4.69) is 30.1 Å². The van der Waals surface area contributed by atoms with Crippen LogP contribution in [0, 0.1) is 13.8 Å². The van der Waals surface area contributed by atoms with E-state index in [1.807, 2.05) is 42.5 Å². The quantitative estimate of drug-likeness (QED) is 0.923. The molecule has 0 bridgehead atoms. The Bertz CT molecular complexity index is 655. The van der Waals surface area contributed by atoms with Gasteiger partial charge in [-0.05, 0) is 68.6 Å². The maximum Gasteiger partial charge on any atom is 0.246 e. The molecular formula is C20H24N2O. The predicted octanol–water partition coefficient (Wildman–Crippen LogP) is 4.08. The minimum absolute atomic E-state index is 0.0584. The van der Waals surface area contributed by atoms with Gasteiger partial charge >= 0.3 is 0 Å². The van der Waals surface area contributed by atoms with Gasteiger partial charge in [0.1, 0.15) is 6.04 Å². The molecule has 0 aromatic heterocycles. The highest BCUT2D eigenvalue weighted by atomic mass is 16.2. The molecule has 2 aromatic carbocycles. The van der Waals surface area contributed by atoms with Crippen LogP contribution in [0.1, 0.15) is 35.6 Å². The van der Waals surface area contributed by atoms with E-state index in [9.17, 15) is 4.79 Å². The van der Waals surface area contributed by atoms with Gasteiger partial charge in [0, 0.05) is 5.69 Å². The highest BCUT2D eigenvalue weighted by Gasteiger charge is 2.29. The number of hydrogen-bond donors (Lipinski definition) is 1. The monoisotopic (exact) mass is 308 g/mol. The molecule has 1 aliphatic rings. The third-order valence-corrected chi connectivity index (χ3v) is 4.36. The second-order valence-corrected chi connectivity index (χ2v) is 6.42. The van der Waals surface area contributed by atoms with E-state index in [1.54, 1.807) is 0 Å². The fourth-order valence-corrected chi connectivity index (χ4v) is 3.42. The fraction of sp³-hybridized carbons (Fsp3) is 0.350. The molecule has 3 rings (SSSR count). The Morgan fingerprint density at radius 1 is 1.00 bits per heavy atom. The average Bonchev–Trinajstić information content (AvgIpc) is 3.01. The maximum atomic E-state index is 13.0. The van der Waals surface area contributed by atoms with Crippen molar-refractivity contribution in [3.63, 3.8) is 0 Å². The van der Waals surface area contributed by atoms with Crippen LogP contribution < -0.4 is 5.32 Å². The second-order valence-electron chi connectivity index (χ2n) is 6.42. The molecule has 1 amide bonds. The summed E-state index contributed by atoms with van der Waals surface area (Å²) in [6, 6.07) is 16.0. The largest absolute Gasteiger partial charge is 0.324 e. The van der Waals surface area contributed by atoms with E-state index >= 15 is 0 Å². The van der Waals surface area contributed by atoms with Gasteiger partial charge in [0.05, 0.1) is 0 Å². The van der Waals surface area contributed by atoms with Crippen LogP contribution in [0.25, 0.3) is 0 Å². The van der Waals surface area contributed by atoms with Crippen molar-refractivity contribution in [2.24, 2.45) is 0 Å². The fourth-order valence-electron chi connectivity index (χ4n) is 3.42. The van der Waals surface area contributed by atoms with Gasteiger partial charge in [-0.1, -0.05) is 36.4 Å². The molecule has 1 aliphatic heterocycles. The Balaban J connectivity index is 1.85. The highest BCUT2D eigenvalue weighted by molar-refractivity contribution is 5.95. The van der Waals surface area contributed by atoms with Crippen molar-refractivity contribution in [2.45, 2.75) is 32.7 Å². The number of anilines is 1. The zero-order valence-corrected chi connectivity index (χ0v) is 13.9. The van der Waals surface area contributed by atoms with Gasteiger partial charge < -0.3 is 5.32 Å². The molecule has 23 heavy (non-hydrogen) atoms. The van der Waals surface area contributed by atoms with Crippen LogP contribution in [0.15, 0.2) is 48.5 Å². The van der Waals surface area contributed by atoms with Crippen LogP contribution in [-0.4, -0.2) is 23.9 Å². The van der Waals surface area contributed by atoms with Gasteiger partial charge in [0.25, 0.3) is 0 Å². The smallest absolute Gasteiger partial charge is 0.246 e. The zero-order valence-electron chi connectivity index (χ0n) is 13.9. The Hall–Kier alpha value is -2.13. The van der Waals surface area contributed by atoms with Gasteiger partial charge in [-0.25, -0.2) is 0 Å². The molecule has 1 saturated heterocycles. The first-order chi connectivity index (χ1) is 11.1. The average molecular weight is 308 g/mol. The molecule has 0 unspecified atom stereocenters. The Morgan fingerprint density at radius 2 is 1.61 bits per heavy atom. The lowest BCUT2D eigenvalue weighted by atomic mass is 10.0. The van der Waals surface area contributed by atoms with E-state index in [0.717, 1.165) is 35.5 Å². The molecule has 0 saturated carbocycles. The number of aryl methyl sites for hydroxylation is 2. The molecule has 120 valence electrons. The molecular weight excluding hydrogens is 284 g/mol. The third-order valence-electron chi connectivity index (χ3n) is 4.36. The Morgan fingerprint density at radius 3 is 2.22 bits per heavy atom. The summed E-state index contributed by atoms with van der Waals surface area (Å²) in [5.74, 6) is 0.0584. The van der Waals surface area contributed by atoms with Crippen molar-refractivity contribution in [2.75, 3.05) is 18.4 Å². The molecule has 3 heteroatoms. The Kier molecular flexibility index (Phi) is 4.77. The summed E-state index contributed by atoms with van der Waals surface area (Å²) in [7, 11) is 0. The third kappa shape index (κ3) is 3.80. The van der Waals surface area contributed by atoms with Crippen molar-refractivity contribution >= 4 is 11.6 Å². The van der Waals surface area contributed by atoms with Crippen molar-refractivity contribution in [1.82, 2.24) is 4.90 Å². The van der Waals surface area contributed by atoms with Crippen molar-refractivity contribution in [3.8, 4) is 0 Å². The molecule has 1 heterocycles. The number of hydrogen-bond acceptors (Lipinski definition) is 2. The lowest BCUT2D eigenvalue weighted by molar-refractivity contribution is -0.121. The summed E-state index contributed by atoms with van der Waals surface area (Å²) in [4.78, 5) is 15.3. The lowest BCUT2D eigenvalue weighted by Crippen LogP contribution is -2.35. The van der Waals surface area contributed by atoms with E-state index in [-0.39, 0.29) is 11.9 Å². The summed E-state index contributed by atoms with van der Waals surface area (Å²) in [5.41, 5.74) is 4.28. The van der Waals surface area contributed by atoms with Crippen LogP contribution >= 0.6 is 0 Å². The van der Waals surface area contributed by atoms with Gasteiger partial charge in [0.2, 0.25) is 5.91 Å². The molecule has 3 nitrogen and oxygen atoms in total. The van der Waals surface area contributed by atoms with Gasteiger partial charge in [0.15, 0.2) is 0 Å². The maximum absolute atomic E-state index is 13.0. The lowest BCUT2D eigenvalue weighted by Gasteiger charge is -2.27. The second kappa shape index (κ2) is 6.97. The summed E-state index contributed by atoms with van der Waals surface area (Å²) in [6.45, 7) is 6.08. The molecule has 0 spiro atoms. The summed E-state index contributed by atoms with van der Waals surface area (Å²) < 4.78 is 0. The Labute approximate surface area is 138 Å². The number of amides is 1. The van der Waals surface area contributed by atoms with Crippen LogP contribution in [0.5, 0.6) is 0 Å². The molecule has 2 aromatic rings. The zero-order chi connectivity index (χ0) is 16.2. The molecule has 1 N–H and O–H groups in total. The van der Waals surface area contributed by atoms with E-state index in [0.29, 0.717) is 0 Å². The standard InChI is InChI=1S/C20H24N2O/c1-15-12-16(2)14-18(13-15)21-20(23)19(22-10-6-7-11-22)17-8-4-3-5-9-17/h3-5,8-9,12-14,19H,6-7,10-11H2,1-2H3,(H,21,23)/t19-/m0/s1. The van der Waals surface area contributed by atoms with Crippen molar-refractivity contribution in [3.05, 3.63) is 65.2 Å². The molecule has 0 aliphatic carbocycles. The predicted molar refractivity (Wildman–Crippen MR) is 94.5 cm³/mol. The van der Waals surface area contributed by atoms with Crippen LogP contribution in [-0.2, 0) is 4.79 Å². The summed E-state index contributed by atoms with van der Waals surface area (Å²) in [6.07, 6.45) is 2.33. The number of likely N-dealkylation sites (tertiary alicyclic amines) is 1. The SMILES string of the molecule is Cc1cc(C)cc(NC(=O)[C@H](c2ccccc2)N2CCCC2)c1. The first-order valence-electron chi connectivity index (χ1n) is 8.31. The van der Waals surface area contributed by atoms with Crippen LogP contribution in [0.2, 0.25) is 0 Å². The normalized spacial score (nSPS) is 16.3. The first-order valence-corrected chi connectivity index (χ1v) is 8.31.